The van der Waals surface area contributed by atoms with E-state index in [1.54, 1.807) is 32.0 Å². The van der Waals surface area contributed by atoms with E-state index in [-0.39, 0.29) is 29.2 Å². The molecule has 0 bridgehead atoms. The van der Waals surface area contributed by atoms with Crippen LogP contribution >= 0.6 is 0 Å². The van der Waals surface area contributed by atoms with Crippen molar-refractivity contribution in [2.45, 2.75) is 32.5 Å². The van der Waals surface area contributed by atoms with Gasteiger partial charge in [0.05, 0.1) is 5.56 Å². The molecular formula is C24H22O9. The summed E-state index contributed by atoms with van der Waals surface area (Å²) in [4.78, 5) is 12.8. The Morgan fingerprint density at radius 3 is 2.12 bits per heavy atom. The molecule has 0 saturated carbocycles. The molecule has 172 valence electrons. The van der Waals surface area contributed by atoms with Crippen LogP contribution in [0.4, 0.5) is 0 Å². The zero-order valence-corrected chi connectivity index (χ0v) is 17.7. The molecule has 4 rings (SSSR count). The highest BCUT2D eigenvalue weighted by atomic mass is 16.6. The molecular weight excluding hydrogens is 432 g/mol. The molecule has 1 heterocycles. The molecule has 9 heteroatoms. The fourth-order valence-electron chi connectivity index (χ4n) is 3.86. The number of rotatable bonds is 3. The zero-order chi connectivity index (χ0) is 24.0. The molecule has 0 amide bonds. The minimum atomic E-state index is -0.986. The van der Waals surface area contributed by atoms with Crippen molar-refractivity contribution in [2.24, 2.45) is 0 Å². The third-order valence-corrected chi connectivity index (χ3v) is 5.52. The molecule has 0 spiro atoms. The Hall–Kier alpha value is -4.27. The highest BCUT2D eigenvalue weighted by molar-refractivity contribution is 5.91. The second-order valence-corrected chi connectivity index (χ2v) is 8.02. The maximum Gasteiger partial charge on any atom is 0.338 e. The van der Waals surface area contributed by atoms with Gasteiger partial charge in [0.25, 0.3) is 0 Å². The molecule has 1 aliphatic rings. The van der Waals surface area contributed by atoms with Crippen molar-refractivity contribution in [1.82, 2.24) is 0 Å². The normalized spacial score (nSPS) is 17.2. The molecule has 6 N–H and O–H groups in total. The predicted octanol–water partition coefficient (Wildman–Crippen LogP) is 3.44. The molecule has 0 fully saturated rings. The summed E-state index contributed by atoms with van der Waals surface area (Å²) in [5.74, 6) is -3.39. The van der Waals surface area contributed by atoms with Gasteiger partial charge in [0.15, 0.2) is 34.9 Å². The topological polar surface area (TPSA) is 157 Å². The van der Waals surface area contributed by atoms with Gasteiger partial charge < -0.3 is 40.1 Å². The van der Waals surface area contributed by atoms with Gasteiger partial charge in [0.2, 0.25) is 0 Å². The standard InChI is InChI=1S/C24H22O9/c1-10-3-15(25)14-9-20(33-24(31)13-7-17(27)22(30)18(28)8-13)23(32-19(14)4-10)12-5-11(2)21(29)16(26)6-12/h3-8,20,23,25-30H,9H2,1-2H3/t20-,23-/m1/s1. The molecule has 0 aromatic heterocycles. The smallest absolute Gasteiger partial charge is 0.338 e. The first kappa shape index (κ1) is 21.9. The van der Waals surface area contributed by atoms with Crippen LogP contribution in [0, 0.1) is 13.8 Å². The maximum atomic E-state index is 12.8. The summed E-state index contributed by atoms with van der Waals surface area (Å²) < 4.78 is 11.7. The Labute approximate surface area is 188 Å². The fraction of sp³-hybridized carbons (Fsp3) is 0.208. The summed E-state index contributed by atoms with van der Waals surface area (Å²) in [5, 5.41) is 59.4. The summed E-state index contributed by atoms with van der Waals surface area (Å²) in [6, 6.07) is 8.05. The zero-order valence-electron chi connectivity index (χ0n) is 17.7. The molecule has 1 aliphatic heterocycles. The van der Waals surface area contributed by atoms with Crippen LogP contribution in [0.1, 0.15) is 38.7 Å². The number of esters is 1. The Bertz CT molecular complexity index is 1220. The SMILES string of the molecule is Cc1cc(O)c2c(c1)O[C@H](c1cc(C)c(O)c(O)c1)[C@H](OC(=O)c1cc(O)c(O)c(O)c1)C2. The van der Waals surface area contributed by atoms with Crippen molar-refractivity contribution in [1.29, 1.82) is 0 Å². The summed E-state index contributed by atoms with van der Waals surface area (Å²) in [6.45, 7) is 3.37. The van der Waals surface area contributed by atoms with Crippen LogP contribution < -0.4 is 4.74 Å². The van der Waals surface area contributed by atoms with E-state index < -0.39 is 35.4 Å². The molecule has 9 nitrogen and oxygen atoms in total. The molecule has 0 saturated heterocycles. The fourth-order valence-corrected chi connectivity index (χ4v) is 3.86. The summed E-state index contributed by atoms with van der Waals surface area (Å²) in [7, 11) is 0. The predicted molar refractivity (Wildman–Crippen MR) is 115 cm³/mol. The monoisotopic (exact) mass is 454 g/mol. The van der Waals surface area contributed by atoms with E-state index in [1.165, 1.54) is 6.07 Å². The van der Waals surface area contributed by atoms with E-state index in [9.17, 15) is 35.4 Å². The number of fused-ring (bicyclic) bond motifs is 1. The van der Waals surface area contributed by atoms with E-state index in [4.69, 9.17) is 9.47 Å². The van der Waals surface area contributed by atoms with Crippen LogP contribution in [0.15, 0.2) is 36.4 Å². The van der Waals surface area contributed by atoms with Gasteiger partial charge in [-0.25, -0.2) is 4.79 Å². The van der Waals surface area contributed by atoms with E-state index in [0.717, 1.165) is 17.7 Å². The van der Waals surface area contributed by atoms with Crippen LogP contribution in [-0.4, -0.2) is 42.7 Å². The minimum Gasteiger partial charge on any atom is -0.508 e. The summed E-state index contributed by atoms with van der Waals surface area (Å²) in [5.41, 5.74) is 1.75. The first-order valence-electron chi connectivity index (χ1n) is 10.0. The van der Waals surface area contributed by atoms with Crippen molar-refractivity contribution in [3.63, 3.8) is 0 Å². The lowest BCUT2D eigenvalue weighted by atomic mass is 9.92. The third kappa shape index (κ3) is 4.00. The number of aryl methyl sites for hydroxylation is 2. The largest absolute Gasteiger partial charge is 0.508 e. The van der Waals surface area contributed by atoms with Gasteiger partial charge >= 0.3 is 5.97 Å². The highest BCUT2D eigenvalue weighted by Gasteiger charge is 2.37. The number of carbonyl (C=O) groups is 1. The Morgan fingerprint density at radius 2 is 1.48 bits per heavy atom. The van der Waals surface area contributed by atoms with Crippen molar-refractivity contribution in [2.75, 3.05) is 0 Å². The third-order valence-electron chi connectivity index (χ3n) is 5.52. The number of benzene rings is 3. The van der Waals surface area contributed by atoms with Gasteiger partial charge in [0, 0.05) is 17.5 Å². The molecule has 33 heavy (non-hydrogen) atoms. The highest BCUT2D eigenvalue weighted by Crippen LogP contribution is 2.44. The molecule has 0 aliphatic carbocycles. The van der Waals surface area contributed by atoms with Gasteiger partial charge in [-0.2, -0.15) is 0 Å². The molecule has 0 radical (unpaired) electrons. The second-order valence-electron chi connectivity index (χ2n) is 8.02. The first-order chi connectivity index (χ1) is 15.5. The number of ether oxygens (including phenoxy) is 2. The van der Waals surface area contributed by atoms with Crippen LogP contribution in [0.2, 0.25) is 0 Å². The Kier molecular flexibility index (Phi) is 5.33. The van der Waals surface area contributed by atoms with Crippen molar-refractivity contribution >= 4 is 5.97 Å². The average Bonchev–Trinajstić information content (AvgIpc) is 2.75. The number of phenols is 6. The Balaban J connectivity index is 1.75. The van der Waals surface area contributed by atoms with Crippen molar-refractivity contribution < 1.29 is 44.9 Å². The summed E-state index contributed by atoms with van der Waals surface area (Å²) >= 11 is 0. The van der Waals surface area contributed by atoms with Gasteiger partial charge in [0.1, 0.15) is 17.6 Å². The van der Waals surface area contributed by atoms with Gasteiger partial charge in [-0.05, 0) is 61.4 Å². The van der Waals surface area contributed by atoms with Gasteiger partial charge in [-0.15, -0.1) is 0 Å². The average molecular weight is 454 g/mol. The number of aromatic hydroxyl groups is 6. The number of hydrogen-bond donors (Lipinski definition) is 6. The van der Waals surface area contributed by atoms with Crippen molar-refractivity contribution in [3.8, 4) is 40.2 Å². The van der Waals surface area contributed by atoms with E-state index in [0.29, 0.717) is 22.4 Å². The maximum absolute atomic E-state index is 12.8. The van der Waals surface area contributed by atoms with Gasteiger partial charge in [-0.1, -0.05) is 0 Å². The van der Waals surface area contributed by atoms with Gasteiger partial charge in [-0.3, -0.25) is 0 Å². The summed E-state index contributed by atoms with van der Waals surface area (Å²) in [6.07, 6.45) is -1.83. The van der Waals surface area contributed by atoms with E-state index >= 15 is 0 Å². The molecule has 3 aromatic rings. The molecule has 0 unspecified atom stereocenters. The van der Waals surface area contributed by atoms with Crippen LogP contribution in [0.5, 0.6) is 40.2 Å². The molecule has 2 atom stereocenters. The van der Waals surface area contributed by atoms with Crippen LogP contribution in [-0.2, 0) is 11.2 Å². The van der Waals surface area contributed by atoms with Crippen molar-refractivity contribution in [3.05, 3.63) is 64.2 Å². The number of carbonyl (C=O) groups excluding carboxylic acids is 1. The quantitative estimate of drug-likeness (QED) is 0.258. The second kappa shape index (κ2) is 8.01. The number of hydrogen-bond acceptors (Lipinski definition) is 9. The van der Waals surface area contributed by atoms with E-state index in [2.05, 4.69) is 0 Å². The minimum absolute atomic E-state index is 0.0332. The number of phenolic OH excluding ortho intramolecular Hbond substituents is 6. The van der Waals surface area contributed by atoms with Crippen LogP contribution in [0.25, 0.3) is 0 Å². The molecule has 3 aromatic carbocycles. The lowest BCUT2D eigenvalue weighted by Crippen LogP contribution is -2.35. The van der Waals surface area contributed by atoms with E-state index in [1.807, 2.05) is 0 Å². The lowest BCUT2D eigenvalue weighted by Gasteiger charge is -2.34. The van der Waals surface area contributed by atoms with Crippen LogP contribution in [0.3, 0.4) is 0 Å². The lowest BCUT2D eigenvalue weighted by molar-refractivity contribution is -0.0188. The Morgan fingerprint density at radius 1 is 0.848 bits per heavy atom. The first-order valence-corrected chi connectivity index (χ1v) is 10.0.